The summed E-state index contributed by atoms with van der Waals surface area (Å²) in [4.78, 5) is 16.5. The van der Waals surface area contributed by atoms with Gasteiger partial charge in [-0.1, -0.05) is 0 Å². The largest absolute Gasteiger partial charge is 0.378 e. The van der Waals surface area contributed by atoms with E-state index in [-0.39, 0.29) is 5.69 Å². The zero-order chi connectivity index (χ0) is 14.4. The fourth-order valence-electron chi connectivity index (χ4n) is 2.11. The number of pyridine rings is 1. The maximum atomic E-state index is 10.9. The molecule has 1 heterocycles. The van der Waals surface area contributed by atoms with Crippen molar-refractivity contribution < 1.29 is 4.92 Å². The molecule has 19 heavy (non-hydrogen) atoms. The Hall–Kier alpha value is -1.69. The average molecular weight is 266 g/mol. The summed E-state index contributed by atoms with van der Waals surface area (Å²) >= 11 is 0. The highest BCUT2D eigenvalue weighted by atomic mass is 16.6. The van der Waals surface area contributed by atoms with Gasteiger partial charge in [-0.2, -0.15) is 0 Å². The molecule has 0 aromatic carbocycles. The van der Waals surface area contributed by atoms with Crippen LogP contribution in [-0.4, -0.2) is 40.0 Å². The molecule has 0 atom stereocenters. The maximum Gasteiger partial charge on any atom is 0.310 e. The Bertz CT molecular complexity index is 413. The van der Waals surface area contributed by atoms with Crippen LogP contribution in [0, 0.1) is 10.1 Å². The van der Waals surface area contributed by atoms with Gasteiger partial charge in [0, 0.05) is 31.4 Å². The molecule has 0 saturated heterocycles. The molecule has 0 aliphatic rings. The Morgan fingerprint density at radius 3 is 2.53 bits per heavy atom. The first-order chi connectivity index (χ1) is 8.93. The molecule has 0 unspecified atom stereocenters. The zero-order valence-electron chi connectivity index (χ0n) is 12.0. The summed E-state index contributed by atoms with van der Waals surface area (Å²) in [6, 6.07) is 2.54. The Morgan fingerprint density at radius 2 is 2.00 bits per heavy atom. The average Bonchev–Trinajstić information content (AvgIpc) is 2.33. The van der Waals surface area contributed by atoms with Crippen molar-refractivity contribution in [1.82, 2.24) is 9.88 Å². The molecule has 0 radical (unpaired) electrons. The summed E-state index contributed by atoms with van der Waals surface area (Å²) in [6.45, 7) is 10.1. The van der Waals surface area contributed by atoms with Gasteiger partial charge in [-0.25, -0.2) is 0 Å². The summed E-state index contributed by atoms with van der Waals surface area (Å²) < 4.78 is 0. The number of nitrogens with one attached hydrogen (secondary N) is 1. The van der Waals surface area contributed by atoms with Crippen molar-refractivity contribution in [1.29, 1.82) is 0 Å². The first kappa shape index (κ1) is 15.4. The highest BCUT2D eigenvalue weighted by Crippen LogP contribution is 2.21. The van der Waals surface area contributed by atoms with Crippen LogP contribution in [0.1, 0.15) is 27.7 Å². The Kier molecular flexibility index (Phi) is 5.69. The first-order valence-electron chi connectivity index (χ1n) is 6.51. The van der Waals surface area contributed by atoms with E-state index in [1.165, 1.54) is 6.20 Å². The van der Waals surface area contributed by atoms with Crippen LogP contribution in [0.2, 0.25) is 0 Å². The van der Waals surface area contributed by atoms with E-state index in [9.17, 15) is 10.1 Å². The van der Waals surface area contributed by atoms with Crippen LogP contribution in [0.5, 0.6) is 0 Å². The summed E-state index contributed by atoms with van der Waals surface area (Å²) in [6.07, 6.45) is 2.82. The number of hydrogen-bond donors (Lipinski definition) is 1. The van der Waals surface area contributed by atoms with E-state index in [0.717, 1.165) is 6.54 Å². The molecule has 0 saturated carbocycles. The van der Waals surface area contributed by atoms with Crippen molar-refractivity contribution in [3.63, 3.8) is 0 Å². The topological polar surface area (TPSA) is 71.3 Å². The van der Waals surface area contributed by atoms with Crippen LogP contribution in [0.4, 0.5) is 11.4 Å². The van der Waals surface area contributed by atoms with Gasteiger partial charge in [0.05, 0.1) is 4.92 Å². The smallest absolute Gasteiger partial charge is 0.310 e. The van der Waals surface area contributed by atoms with E-state index in [1.807, 2.05) is 0 Å². The molecule has 0 bridgehead atoms. The number of aromatic nitrogens is 1. The highest BCUT2D eigenvalue weighted by Gasteiger charge is 2.15. The van der Waals surface area contributed by atoms with Crippen molar-refractivity contribution >= 4 is 11.4 Å². The summed E-state index contributed by atoms with van der Waals surface area (Å²) in [5, 5.41) is 14.0. The second kappa shape index (κ2) is 7.04. The van der Waals surface area contributed by atoms with Crippen molar-refractivity contribution in [2.45, 2.75) is 39.8 Å². The number of nitrogens with zero attached hydrogens (tertiary/aromatic N) is 3. The third-order valence-corrected chi connectivity index (χ3v) is 3.01. The third-order valence-electron chi connectivity index (χ3n) is 3.01. The minimum absolute atomic E-state index is 0.0168. The molecule has 0 aliphatic carbocycles. The van der Waals surface area contributed by atoms with E-state index in [4.69, 9.17) is 0 Å². The molecule has 1 aromatic rings. The van der Waals surface area contributed by atoms with Crippen LogP contribution in [0.25, 0.3) is 0 Å². The van der Waals surface area contributed by atoms with Gasteiger partial charge in [-0.15, -0.1) is 0 Å². The van der Waals surface area contributed by atoms with Gasteiger partial charge in [-0.3, -0.25) is 20.0 Å². The third kappa shape index (κ3) is 4.48. The van der Waals surface area contributed by atoms with E-state index in [0.29, 0.717) is 24.3 Å². The quantitative estimate of drug-likeness (QED) is 0.606. The van der Waals surface area contributed by atoms with Gasteiger partial charge in [0.15, 0.2) is 0 Å². The molecule has 1 N–H and O–H groups in total. The lowest BCUT2D eigenvalue weighted by Crippen LogP contribution is -2.40. The number of nitro groups is 1. The minimum Gasteiger partial charge on any atom is -0.378 e. The standard InChI is InChI=1S/C13H22N4O2/c1-10(2)16(11(3)4)8-7-15-12-5-6-14-9-13(12)17(18)19/h5-6,9-11H,7-8H2,1-4H3,(H,14,15). The van der Waals surface area contributed by atoms with Gasteiger partial charge < -0.3 is 5.32 Å². The minimum atomic E-state index is -0.419. The molecule has 0 aliphatic heterocycles. The van der Waals surface area contributed by atoms with Gasteiger partial charge >= 0.3 is 5.69 Å². The lowest BCUT2D eigenvalue weighted by atomic mass is 10.2. The number of hydrogen-bond acceptors (Lipinski definition) is 5. The predicted octanol–water partition coefficient (Wildman–Crippen LogP) is 2.52. The SMILES string of the molecule is CC(C)N(CCNc1ccncc1[N+](=O)[O-])C(C)C. The second-order valence-electron chi connectivity index (χ2n) is 5.00. The molecule has 6 nitrogen and oxygen atoms in total. The van der Waals surface area contributed by atoms with Crippen LogP contribution >= 0.6 is 0 Å². The molecule has 0 fully saturated rings. The van der Waals surface area contributed by atoms with Crippen molar-refractivity contribution in [3.05, 3.63) is 28.6 Å². The molecule has 1 aromatic heterocycles. The van der Waals surface area contributed by atoms with Crippen LogP contribution in [-0.2, 0) is 0 Å². The van der Waals surface area contributed by atoms with Crippen LogP contribution in [0.3, 0.4) is 0 Å². The fraction of sp³-hybridized carbons (Fsp3) is 0.615. The summed E-state index contributed by atoms with van der Waals surface area (Å²) in [5.41, 5.74) is 0.538. The second-order valence-corrected chi connectivity index (χ2v) is 5.00. The van der Waals surface area contributed by atoms with E-state index in [1.54, 1.807) is 12.3 Å². The van der Waals surface area contributed by atoms with E-state index < -0.39 is 4.92 Å². The molecule has 6 heteroatoms. The molecular weight excluding hydrogens is 244 g/mol. The van der Waals surface area contributed by atoms with Crippen molar-refractivity contribution in [3.8, 4) is 0 Å². The Labute approximate surface area is 114 Å². The Morgan fingerprint density at radius 1 is 1.37 bits per heavy atom. The summed E-state index contributed by atoms with van der Waals surface area (Å²) in [7, 11) is 0. The lowest BCUT2D eigenvalue weighted by Gasteiger charge is -2.30. The summed E-state index contributed by atoms with van der Waals surface area (Å²) in [5.74, 6) is 0. The molecular formula is C13H22N4O2. The lowest BCUT2D eigenvalue weighted by molar-refractivity contribution is -0.384. The van der Waals surface area contributed by atoms with Gasteiger partial charge in [0.25, 0.3) is 0 Å². The van der Waals surface area contributed by atoms with Crippen LogP contribution in [0.15, 0.2) is 18.5 Å². The fourth-order valence-corrected chi connectivity index (χ4v) is 2.11. The van der Waals surface area contributed by atoms with Gasteiger partial charge in [0.2, 0.25) is 0 Å². The van der Waals surface area contributed by atoms with Crippen LogP contribution < -0.4 is 5.32 Å². The molecule has 106 valence electrons. The zero-order valence-corrected chi connectivity index (χ0v) is 12.0. The number of rotatable bonds is 7. The van der Waals surface area contributed by atoms with E-state index in [2.05, 4.69) is 42.9 Å². The van der Waals surface area contributed by atoms with Gasteiger partial charge in [0.1, 0.15) is 11.9 Å². The molecule has 0 amide bonds. The Balaban J connectivity index is 2.60. The monoisotopic (exact) mass is 266 g/mol. The molecule has 0 spiro atoms. The van der Waals surface area contributed by atoms with Crippen molar-refractivity contribution in [2.24, 2.45) is 0 Å². The van der Waals surface area contributed by atoms with Gasteiger partial charge in [-0.05, 0) is 33.8 Å². The molecule has 1 rings (SSSR count). The number of anilines is 1. The first-order valence-corrected chi connectivity index (χ1v) is 6.51. The van der Waals surface area contributed by atoms with Crippen molar-refractivity contribution in [2.75, 3.05) is 18.4 Å². The maximum absolute atomic E-state index is 10.9. The highest BCUT2D eigenvalue weighted by molar-refractivity contribution is 5.59. The normalized spacial score (nSPS) is 11.3. The van der Waals surface area contributed by atoms with E-state index >= 15 is 0 Å². The predicted molar refractivity (Wildman–Crippen MR) is 76.4 cm³/mol.